The molecule has 2 aliphatic heterocycles. The predicted molar refractivity (Wildman–Crippen MR) is 128 cm³/mol. The van der Waals surface area contributed by atoms with Crippen LogP contribution in [-0.2, 0) is 14.3 Å². The van der Waals surface area contributed by atoms with Gasteiger partial charge in [-0.1, -0.05) is 37.3 Å². The van der Waals surface area contributed by atoms with Crippen molar-refractivity contribution >= 4 is 23.1 Å². The number of anilines is 1. The Bertz CT molecular complexity index is 996. The first-order chi connectivity index (χ1) is 16.1. The van der Waals surface area contributed by atoms with Gasteiger partial charge >= 0.3 is 0 Å². The molecule has 2 heterocycles. The number of hydrogen-bond donors (Lipinski definition) is 0. The number of imide groups is 1. The van der Waals surface area contributed by atoms with Gasteiger partial charge in [0.15, 0.2) is 0 Å². The number of methoxy groups -OCH3 is 1. The maximum Gasteiger partial charge on any atom is 0.277 e. The highest BCUT2D eigenvalue weighted by Gasteiger charge is 2.41. The van der Waals surface area contributed by atoms with Crippen molar-refractivity contribution in [2.24, 2.45) is 0 Å². The van der Waals surface area contributed by atoms with Crippen molar-refractivity contribution in [3.63, 3.8) is 0 Å². The molecule has 0 unspecified atom stereocenters. The summed E-state index contributed by atoms with van der Waals surface area (Å²) in [4.78, 5) is 32.4. The highest BCUT2D eigenvalue weighted by molar-refractivity contribution is 6.35. The van der Waals surface area contributed by atoms with Crippen LogP contribution in [0, 0.1) is 0 Å². The van der Waals surface area contributed by atoms with E-state index in [0.717, 1.165) is 30.8 Å². The Balaban J connectivity index is 1.60. The fraction of sp³-hybridized carbons (Fsp3) is 0.385. The van der Waals surface area contributed by atoms with Crippen molar-refractivity contribution < 1.29 is 19.1 Å². The van der Waals surface area contributed by atoms with Crippen LogP contribution in [0.2, 0.25) is 0 Å². The lowest BCUT2D eigenvalue weighted by Crippen LogP contribution is -2.47. The van der Waals surface area contributed by atoms with Gasteiger partial charge in [0, 0.05) is 39.0 Å². The molecule has 0 aliphatic carbocycles. The molecule has 0 aromatic heterocycles. The van der Waals surface area contributed by atoms with E-state index in [9.17, 15) is 9.59 Å². The van der Waals surface area contributed by atoms with Gasteiger partial charge in [-0.2, -0.15) is 0 Å². The highest BCUT2D eigenvalue weighted by Crippen LogP contribution is 2.33. The zero-order chi connectivity index (χ0) is 23.2. The molecule has 2 aliphatic rings. The minimum absolute atomic E-state index is 0.239. The normalized spacial score (nSPS) is 16.7. The van der Waals surface area contributed by atoms with Crippen LogP contribution in [0.3, 0.4) is 0 Å². The van der Waals surface area contributed by atoms with Crippen molar-refractivity contribution in [3.05, 3.63) is 65.9 Å². The van der Waals surface area contributed by atoms with Crippen LogP contribution in [0.1, 0.15) is 18.9 Å². The molecule has 0 atom stereocenters. The lowest BCUT2D eigenvalue weighted by Gasteiger charge is -2.37. The summed E-state index contributed by atoms with van der Waals surface area (Å²) in [6.07, 6.45) is 0.924. The monoisotopic (exact) mass is 449 g/mol. The van der Waals surface area contributed by atoms with Crippen molar-refractivity contribution in [2.75, 3.05) is 57.9 Å². The Kier molecular flexibility index (Phi) is 7.29. The smallest absolute Gasteiger partial charge is 0.277 e. The number of carbonyl (C=O) groups is 2. The summed E-state index contributed by atoms with van der Waals surface area (Å²) >= 11 is 0. The molecule has 0 N–H and O–H groups in total. The first-order valence-corrected chi connectivity index (χ1v) is 11.5. The molecule has 1 saturated heterocycles. The van der Waals surface area contributed by atoms with Gasteiger partial charge in [0.25, 0.3) is 11.8 Å². The van der Waals surface area contributed by atoms with E-state index in [0.29, 0.717) is 37.6 Å². The molecule has 7 nitrogen and oxygen atoms in total. The minimum atomic E-state index is -0.264. The topological polar surface area (TPSA) is 62.3 Å². The second kappa shape index (κ2) is 10.5. The number of benzene rings is 2. The Morgan fingerprint density at radius 3 is 2.12 bits per heavy atom. The lowest BCUT2D eigenvalue weighted by atomic mass is 10.0. The molecule has 0 saturated carbocycles. The summed E-state index contributed by atoms with van der Waals surface area (Å²) in [7, 11) is 1.57. The highest BCUT2D eigenvalue weighted by atomic mass is 16.5. The molecule has 1 fully saturated rings. The van der Waals surface area contributed by atoms with Crippen LogP contribution < -0.4 is 9.64 Å². The van der Waals surface area contributed by atoms with Crippen LogP contribution in [0.4, 0.5) is 5.69 Å². The number of amides is 2. The average molecular weight is 450 g/mol. The van der Waals surface area contributed by atoms with Gasteiger partial charge in [-0.15, -0.1) is 0 Å². The molecule has 2 amide bonds. The Hall–Kier alpha value is -3.32. The van der Waals surface area contributed by atoms with E-state index < -0.39 is 0 Å². The zero-order valence-electron chi connectivity index (χ0n) is 19.3. The molecule has 33 heavy (non-hydrogen) atoms. The van der Waals surface area contributed by atoms with Crippen molar-refractivity contribution in [1.82, 2.24) is 9.80 Å². The molecule has 0 radical (unpaired) electrons. The minimum Gasteiger partial charge on any atom is -0.494 e. The largest absolute Gasteiger partial charge is 0.494 e. The van der Waals surface area contributed by atoms with Gasteiger partial charge < -0.3 is 19.3 Å². The fourth-order valence-corrected chi connectivity index (χ4v) is 4.27. The maximum atomic E-state index is 13.4. The van der Waals surface area contributed by atoms with Gasteiger partial charge in [-0.05, 0) is 36.2 Å². The number of carbonyl (C=O) groups excluding carboxylic acids is 2. The third-order valence-electron chi connectivity index (χ3n) is 6.00. The summed E-state index contributed by atoms with van der Waals surface area (Å²) in [5.41, 5.74) is 2.86. The number of rotatable bonds is 9. The van der Waals surface area contributed by atoms with E-state index in [1.165, 1.54) is 10.6 Å². The van der Waals surface area contributed by atoms with E-state index in [4.69, 9.17) is 9.47 Å². The SMILES string of the molecule is CCCOc1ccc(C2=C(N3CCN(c4ccccc4)CC3)C(=O)N(CCOC)C2=O)cc1. The Labute approximate surface area is 195 Å². The fourth-order valence-electron chi connectivity index (χ4n) is 4.27. The average Bonchev–Trinajstić information content (AvgIpc) is 3.11. The van der Waals surface area contributed by atoms with Gasteiger partial charge in [0.1, 0.15) is 11.4 Å². The van der Waals surface area contributed by atoms with Crippen molar-refractivity contribution in [1.29, 1.82) is 0 Å². The van der Waals surface area contributed by atoms with Crippen LogP contribution in [0.25, 0.3) is 5.57 Å². The van der Waals surface area contributed by atoms with Crippen molar-refractivity contribution in [3.8, 4) is 5.75 Å². The Morgan fingerprint density at radius 1 is 0.818 bits per heavy atom. The second-order valence-corrected chi connectivity index (χ2v) is 8.16. The summed E-state index contributed by atoms with van der Waals surface area (Å²) in [6, 6.07) is 17.7. The predicted octanol–water partition coefficient (Wildman–Crippen LogP) is 3.02. The van der Waals surface area contributed by atoms with E-state index in [1.807, 2.05) is 42.5 Å². The maximum absolute atomic E-state index is 13.4. The summed E-state index contributed by atoms with van der Waals surface area (Å²) in [5.74, 6) is 0.249. The standard InChI is InChI=1S/C26H31N3O4/c1-3-18-33-22-11-9-20(10-12-22)23-24(26(31)29(25(23)30)17-19-32-2)28-15-13-27(14-16-28)21-7-5-4-6-8-21/h4-12H,3,13-19H2,1-2H3. The van der Waals surface area contributed by atoms with E-state index >= 15 is 0 Å². The number of nitrogens with zero attached hydrogens (tertiary/aromatic N) is 3. The number of ether oxygens (including phenoxy) is 2. The quantitative estimate of drug-likeness (QED) is 0.549. The molecule has 0 bridgehead atoms. The molecule has 4 rings (SSSR count). The molecular weight excluding hydrogens is 418 g/mol. The first kappa shape index (κ1) is 22.9. The van der Waals surface area contributed by atoms with Gasteiger partial charge in [-0.3, -0.25) is 14.5 Å². The number of piperazine rings is 1. The lowest BCUT2D eigenvalue weighted by molar-refractivity contribution is -0.138. The molecule has 0 spiro atoms. The number of para-hydroxylation sites is 1. The van der Waals surface area contributed by atoms with Crippen LogP contribution in [0.15, 0.2) is 60.3 Å². The van der Waals surface area contributed by atoms with Crippen LogP contribution >= 0.6 is 0 Å². The zero-order valence-corrected chi connectivity index (χ0v) is 19.3. The van der Waals surface area contributed by atoms with Crippen LogP contribution in [-0.4, -0.2) is 74.7 Å². The molecule has 2 aromatic rings. The summed E-state index contributed by atoms with van der Waals surface area (Å²) in [6.45, 7) is 6.15. The van der Waals surface area contributed by atoms with E-state index in [-0.39, 0.29) is 18.4 Å². The van der Waals surface area contributed by atoms with Crippen molar-refractivity contribution in [2.45, 2.75) is 13.3 Å². The van der Waals surface area contributed by atoms with E-state index in [1.54, 1.807) is 7.11 Å². The second-order valence-electron chi connectivity index (χ2n) is 8.16. The third-order valence-corrected chi connectivity index (χ3v) is 6.00. The first-order valence-electron chi connectivity index (χ1n) is 11.5. The molecule has 174 valence electrons. The molecule has 2 aromatic carbocycles. The Morgan fingerprint density at radius 2 is 1.48 bits per heavy atom. The van der Waals surface area contributed by atoms with Gasteiger partial charge in [0.05, 0.1) is 25.3 Å². The van der Waals surface area contributed by atoms with Gasteiger partial charge in [0.2, 0.25) is 0 Å². The summed E-state index contributed by atoms with van der Waals surface area (Å²) in [5, 5.41) is 0. The third kappa shape index (κ3) is 4.88. The molecular formula is C26H31N3O4. The number of hydrogen-bond acceptors (Lipinski definition) is 6. The summed E-state index contributed by atoms with van der Waals surface area (Å²) < 4.78 is 10.8. The van der Waals surface area contributed by atoms with Crippen LogP contribution in [0.5, 0.6) is 5.75 Å². The van der Waals surface area contributed by atoms with Gasteiger partial charge in [-0.25, -0.2) is 0 Å². The van der Waals surface area contributed by atoms with E-state index in [2.05, 4.69) is 28.9 Å². The molecule has 7 heteroatoms.